The number of likely N-dealkylation sites (tertiary alicyclic amines) is 1. The minimum absolute atomic E-state index is 0.384. The highest BCUT2D eigenvalue weighted by atomic mass is 15.4. The van der Waals surface area contributed by atoms with Crippen LogP contribution < -0.4 is 0 Å². The van der Waals surface area contributed by atoms with E-state index >= 15 is 0 Å². The van der Waals surface area contributed by atoms with Crippen molar-refractivity contribution in [2.45, 2.75) is 26.3 Å². The van der Waals surface area contributed by atoms with E-state index in [1.54, 1.807) is 0 Å². The van der Waals surface area contributed by atoms with Crippen LogP contribution in [0, 0.1) is 18.3 Å². The summed E-state index contributed by atoms with van der Waals surface area (Å²) in [6.07, 6.45) is 6.50. The van der Waals surface area contributed by atoms with Gasteiger partial charge in [0.25, 0.3) is 0 Å². The second kappa shape index (κ2) is 7.21. The molecule has 1 aromatic heterocycles. The van der Waals surface area contributed by atoms with Gasteiger partial charge in [0.1, 0.15) is 6.07 Å². The largest absolute Gasteiger partial charge is 0.301 e. The number of aromatic nitrogens is 3. The standard InChI is InChI=1S/C18H21N5/c1-15-4-6-16(7-5-15)8-9-18-17(14-19)20-21-23(18)13-12-22-10-2-3-11-22/h4-9H,2-3,10-13H2,1H3/b9-8+. The smallest absolute Gasteiger partial charge is 0.190 e. The third-order valence-electron chi connectivity index (χ3n) is 4.22. The minimum Gasteiger partial charge on any atom is -0.301 e. The van der Waals surface area contributed by atoms with Gasteiger partial charge in [-0.1, -0.05) is 41.1 Å². The third-order valence-corrected chi connectivity index (χ3v) is 4.22. The number of benzene rings is 1. The van der Waals surface area contributed by atoms with E-state index in [4.69, 9.17) is 0 Å². The van der Waals surface area contributed by atoms with Crippen molar-refractivity contribution in [2.75, 3.05) is 19.6 Å². The van der Waals surface area contributed by atoms with Crippen LogP contribution in [0.1, 0.15) is 35.4 Å². The number of nitriles is 1. The van der Waals surface area contributed by atoms with Gasteiger partial charge < -0.3 is 4.90 Å². The van der Waals surface area contributed by atoms with Crippen molar-refractivity contribution < 1.29 is 0 Å². The van der Waals surface area contributed by atoms with Gasteiger partial charge >= 0.3 is 0 Å². The second-order valence-electron chi connectivity index (χ2n) is 5.95. The van der Waals surface area contributed by atoms with Gasteiger partial charge in [0, 0.05) is 6.54 Å². The first kappa shape index (κ1) is 15.4. The Balaban J connectivity index is 1.75. The maximum absolute atomic E-state index is 9.23. The average molecular weight is 307 g/mol. The average Bonchev–Trinajstić information content (AvgIpc) is 3.21. The molecule has 0 unspecified atom stereocenters. The molecule has 0 spiro atoms. The first-order valence-corrected chi connectivity index (χ1v) is 8.07. The Morgan fingerprint density at radius 3 is 2.57 bits per heavy atom. The SMILES string of the molecule is Cc1ccc(/C=C/c2c(C#N)nnn2CCN2CCCC2)cc1. The normalized spacial score (nSPS) is 15.3. The molecule has 0 atom stereocenters. The third kappa shape index (κ3) is 3.85. The molecule has 2 heterocycles. The molecule has 23 heavy (non-hydrogen) atoms. The lowest BCUT2D eigenvalue weighted by molar-refractivity contribution is 0.313. The molecule has 0 radical (unpaired) electrons. The van der Waals surface area contributed by atoms with Crippen molar-refractivity contribution in [3.05, 3.63) is 46.8 Å². The first-order chi connectivity index (χ1) is 11.3. The molecule has 0 amide bonds. The molecular weight excluding hydrogens is 286 g/mol. The Hall–Kier alpha value is -2.45. The fourth-order valence-corrected chi connectivity index (χ4v) is 2.83. The Kier molecular flexibility index (Phi) is 4.84. The van der Waals surface area contributed by atoms with Gasteiger partial charge in [-0.25, -0.2) is 4.68 Å². The molecule has 0 aliphatic carbocycles. The maximum Gasteiger partial charge on any atom is 0.190 e. The topological polar surface area (TPSA) is 57.7 Å². The van der Waals surface area contributed by atoms with Crippen LogP contribution in [0.4, 0.5) is 0 Å². The molecule has 2 aromatic rings. The zero-order chi connectivity index (χ0) is 16.1. The Labute approximate surface area is 136 Å². The molecule has 5 heteroatoms. The van der Waals surface area contributed by atoms with E-state index in [-0.39, 0.29) is 0 Å². The highest BCUT2D eigenvalue weighted by Gasteiger charge is 2.14. The lowest BCUT2D eigenvalue weighted by atomic mass is 10.1. The Morgan fingerprint density at radius 1 is 1.13 bits per heavy atom. The van der Waals surface area contributed by atoms with Crippen molar-refractivity contribution in [1.82, 2.24) is 19.9 Å². The van der Waals surface area contributed by atoms with Gasteiger partial charge in [-0.05, 0) is 44.5 Å². The van der Waals surface area contributed by atoms with Crippen LogP contribution in [0.25, 0.3) is 12.2 Å². The lowest BCUT2D eigenvalue weighted by Crippen LogP contribution is -2.24. The molecule has 3 rings (SSSR count). The molecule has 1 aliphatic rings. The number of aryl methyl sites for hydroxylation is 1. The summed E-state index contributed by atoms with van der Waals surface area (Å²) in [5, 5.41) is 17.4. The van der Waals surface area contributed by atoms with Gasteiger partial charge in [-0.2, -0.15) is 5.26 Å². The van der Waals surface area contributed by atoms with Crippen LogP contribution in [-0.4, -0.2) is 39.5 Å². The second-order valence-corrected chi connectivity index (χ2v) is 5.95. The zero-order valence-corrected chi connectivity index (χ0v) is 13.4. The minimum atomic E-state index is 0.384. The highest BCUT2D eigenvalue weighted by molar-refractivity contribution is 5.70. The van der Waals surface area contributed by atoms with Gasteiger partial charge in [0.05, 0.1) is 12.2 Å². The quantitative estimate of drug-likeness (QED) is 0.852. The van der Waals surface area contributed by atoms with Crippen molar-refractivity contribution in [2.24, 2.45) is 0 Å². The fourth-order valence-electron chi connectivity index (χ4n) is 2.83. The van der Waals surface area contributed by atoms with Crippen LogP contribution in [0.15, 0.2) is 24.3 Å². The van der Waals surface area contributed by atoms with E-state index < -0.39 is 0 Å². The van der Waals surface area contributed by atoms with Crippen molar-refractivity contribution in [3.63, 3.8) is 0 Å². The summed E-state index contributed by atoms with van der Waals surface area (Å²) in [5.41, 5.74) is 3.51. The predicted molar refractivity (Wildman–Crippen MR) is 90.5 cm³/mol. The van der Waals surface area contributed by atoms with Gasteiger partial charge in [0.15, 0.2) is 5.69 Å². The molecule has 1 aliphatic heterocycles. The first-order valence-electron chi connectivity index (χ1n) is 8.07. The van der Waals surface area contributed by atoms with Crippen LogP contribution in [-0.2, 0) is 6.54 Å². The fraction of sp³-hybridized carbons (Fsp3) is 0.389. The van der Waals surface area contributed by atoms with E-state index in [0.29, 0.717) is 5.69 Å². The highest BCUT2D eigenvalue weighted by Crippen LogP contribution is 2.13. The van der Waals surface area contributed by atoms with Gasteiger partial charge in [-0.15, -0.1) is 5.10 Å². The molecule has 5 nitrogen and oxygen atoms in total. The number of nitrogens with zero attached hydrogens (tertiary/aromatic N) is 5. The summed E-state index contributed by atoms with van der Waals surface area (Å²) in [6.45, 7) is 6.11. The van der Waals surface area contributed by atoms with Crippen LogP contribution in [0.2, 0.25) is 0 Å². The van der Waals surface area contributed by atoms with E-state index in [1.807, 2.05) is 16.8 Å². The lowest BCUT2D eigenvalue weighted by Gasteiger charge is -2.14. The number of hydrogen-bond acceptors (Lipinski definition) is 4. The molecule has 0 bridgehead atoms. The van der Waals surface area contributed by atoms with Crippen LogP contribution >= 0.6 is 0 Å². The van der Waals surface area contributed by atoms with E-state index in [2.05, 4.69) is 52.5 Å². The molecule has 1 aromatic carbocycles. The van der Waals surface area contributed by atoms with Crippen molar-refractivity contribution in [3.8, 4) is 6.07 Å². The summed E-state index contributed by atoms with van der Waals surface area (Å²) in [5.74, 6) is 0. The molecular formula is C18H21N5. The van der Waals surface area contributed by atoms with E-state index in [0.717, 1.165) is 37.4 Å². The zero-order valence-electron chi connectivity index (χ0n) is 13.4. The maximum atomic E-state index is 9.23. The van der Waals surface area contributed by atoms with E-state index in [1.165, 1.54) is 18.4 Å². The number of rotatable bonds is 5. The molecule has 0 N–H and O–H groups in total. The van der Waals surface area contributed by atoms with Crippen LogP contribution in [0.3, 0.4) is 0 Å². The Bertz CT molecular complexity index is 715. The van der Waals surface area contributed by atoms with Gasteiger partial charge in [0.2, 0.25) is 0 Å². The summed E-state index contributed by atoms with van der Waals surface area (Å²) < 4.78 is 1.83. The molecule has 1 fully saturated rings. The summed E-state index contributed by atoms with van der Waals surface area (Å²) in [7, 11) is 0. The monoisotopic (exact) mass is 307 g/mol. The molecule has 1 saturated heterocycles. The van der Waals surface area contributed by atoms with Crippen molar-refractivity contribution in [1.29, 1.82) is 5.26 Å². The molecule has 118 valence electrons. The van der Waals surface area contributed by atoms with E-state index in [9.17, 15) is 5.26 Å². The Morgan fingerprint density at radius 2 is 1.87 bits per heavy atom. The summed E-state index contributed by atoms with van der Waals surface area (Å²) >= 11 is 0. The summed E-state index contributed by atoms with van der Waals surface area (Å²) in [6, 6.07) is 10.4. The predicted octanol–water partition coefficient (Wildman–Crippen LogP) is 2.72. The molecule has 0 saturated carbocycles. The van der Waals surface area contributed by atoms with Crippen LogP contribution in [0.5, 0.6) is 0 Å². The summed E-state index contributed by atoms with van der Waals surface area (Å²) in [4.78, 5) is 2.43. The van der Waals surface area contributed by atoms with Gasteiger partial charge in [-0.3, -0.25) is 0 Å². The van der Waals surface area contributed by atoms with Crippen molar-refractivity contribution >= 4 is 12.2 Å². The number of hydrogen-bond donors (Lipinski definition) is 0.